The van der Waals surface area contributed by atoms with Crippen LogP contribution in [0.5, 0.6) is 5.75 Å². The molecule has 0 amide bonds. The van der Waals surface area contributed by atoms with Crippen molar-refractivity contribution in [3.63, 3.8) is 0 Å². The number of halogens is 3. The molecule has 0 spiro atoms. The quantitative estimate of drug-likeness (QED) is 0.716. The number of benzene rings is 1. The van der Waals surface area contributed by atoms with E-state index in [2.05, 4.69) is 20.9 Å². The second kappa shape index (κ2) is 6.09. The van der Waals surface area contributed by atoms with Crippen molar-refractivity contribution in [2.24, 2.45) is 0 Å². The van der Waals surface area contributed by atoms with Crippen LogP contribution in [0.4, 0.5) is 8.78 Å². The first-order valence-electron chi connectivity index (χ1n) is 5.52. The van der Waals surface area contributed by atoms with Crippen LogP contribution in [0.2, 0.25) is 0 Å². The molecule has 0 radical (unpaired) electrons. The summed E-state index contributed by atoms with van der Waals surface area (Å²) in [5, 5.41) is 1.03. The summed E-state index contributed by atoms with van der Waals surface area (Å²) in [6, 6.07) is 0. The Bertz CT molecular complexity index is 573. The number of rotatable bonds is 1. The van der Waals surface area contributed by atoms with Crippen molar-refractivity contribution in [2.75, 3.05) is 7.11 Å². The second-order valence-corrected chi connectivity index (χ2v) is 4.15. The van der Waals surface area contributed by atoms with Gasteiger partial charge in [-0.25, -0.2) is 4.39 Å². The lowest BCUT2D eigenvalue weighted by atomic mass is 10.1. The summed E-state index contributed by atoms with van der Waals surface area (Å²) in [5.41, 5.74) is 0.731. The van der Waals surface area contributed by atoms with Crippen molar-refractivity contribution >= 4 is 26.7 Å². The minimum absolute atomic E-state index is 0.0667. The van der Waals surface area contributed by atoms with Crippen molar-refractivity contribution < 1.29 is 13.5 Å². The molecule has 2 aromatic rings. The van der Waals surface area contributed by atoms with Crippen LogP contribution in [-0.2, 0) is 0 Å². The van der Waals surface area contributed by atoms with Crippen LogP contribution in [0.1, 0.15) is 19.4 Å². The SMILES string of the molecule is CC.COc1c(F)c(F)c(Br)c2cncc(C)c12. The van der Waals surface area contributed by atoms with E-state index in [4.69, 9.17) is 4.74 Å². The van der Waals surface area contributed by atoms with Crippen molar-refractivity contribution in [3.8, 4) is 5.75 Å². The molecule has 1 aromatic heterocycles. The second-order valence-electron chi connectivity index (χ2n) is 3.35. The van der Waals surface area contributed by atoms with Crippen LogP contribution >= 0.6 is 15.9 Å². The summed E-state index contributed by atoms with van der Waals surface area (Å²) >= 11 is 3.02. The molecule has 0 aliphatic heterocycles. The average Bonchev–Trinajstić information content (AvgIpc) is 2.40. The van der Waals surface area contributed by atoms with Gasteiger partial charge in [-0.15, -0.1) is 0 Å². The third-order valence-electron chi connectivity index (χ3n) is 2.39. The molecule has 0 atom stereocenters. The van der Waals surface area contributed by atoms with E-state index in [0.29, 0.717) is 10.8 Å². The molecule has 0 unspecified atom stereocenters. The molecule has 0 N–H and O–H groups in total. The number of nitrogens with zero attached hydrogens (tertiary/aromatic N) is 1. The van der Waals surface area contributed by atoms with Crippen molar-refractivity contribution in [3.05, 3.63) is 34.1 Å². The first-order valence-corrected chi connectivity index (χ1v) is 6.32. The van der Waals surface area contributed by atoms with Crippen LogP contribution in [0, 0.1) is 18.6 Å². The van der Waals surface area contributed by atoms with Crippen molar-refractivity contribution in [2.45, 2.75) is 20.8 Å². The van der Waals surface area contributed by atoms with Gasteiger partial charge in [0, 0.05) is 23.2 Å². The zero-order valence-electron chi connectivity index (χ0n) is 10.6. The van der Waals surface area contributed by atoms with Crippen LogP contribution in [0.3, 0.4) is 0 Å². The summed E-state index contributed by atoms with van der Waals surface area (Å²) in [6.07, 6.45) is 3.05. The molecule has 18 heavy (non-hydrogen) atoms. The van der Waals surface area contributed by atoms with E-state index >= 15 is 0 Å². The number of aryl methyl sites for hydroxylation is 1. The van der Waals surface area contributed by atoms with E-state index in [0.717, 1.165) is 5.56 Å². The normalized spacial score (nSPS) is 9.94. The molecule has 0 saturated carbocycles. The summed E-state index contributed by atoms with van der Waals surface area (Å²) in [7, 11) is 1.31. The fraction of sp³-hybridized carbons (Fsp3) is 0.308. The topological polar surface area (TPSA) is 22.1 Å². The third-order valence-corrected chi connectivity index (χ3v) is 3.16. The van der Waals surface area contributed by atoms with Gasteiger partial charge in [0.15, 0.2) is 11.6 Å². The predicted molar refractivity (Wildman–Crippen MR) is 72.0 cm³/mol. The number of methoxy groups -OCH3 is 1. The minimum Gasteiger partial charge on any atom is -0.493 e. The van der Waals surface area contributed by atoms with Gasteiger partial charge in [0.2, 0.25) is 5.82 Å². The van der Waals surface area contributed by atoms with Gasteiger partial charge in [0.05, 0.1) is 11.6 Å². The smallest absolute Gasteiger partial charge is 0.202 e. The van der Waals surface area contributed by atoms with Gasteiger partial charge in [-0.05, 0) is 28.4 Å². The zero-order valence-corrected chi connectivity index (χ0v) is 12.2. The summed E-state index contributed by atoms with van der Waals surface area (Å²) in [4.78, 5) is 3.94. The standard InChI is InChI=1S/C11H8BrF2NO.C2H6/c1-5-3-15-4-6-7(5)11(16-2)10(14)9(13)8(6)12;1-2/h3-4H,1-2H3;1-2H3. The maximum atomic E-state index is 13.6. The highest BCUT2D eigenvalue weighted by Crippen LogP contribution is 2.38. The van der Waals surface area contributed by atoms with Crippen LogP contribution in [0.25, 0.3) is 10.8 Å². The van der Waals surface area contributed by atoms with E-state index in [1.54, 1.807) is 13.1 Å². The highest BCUT2D eigenvalue weighted by Gasteiger charge is 2.20. The Morgan fingerprint density at radius 3 is 2.33 bits per heavy atom. The van der Waals surface area contributed by atoms with E-state index in [9.17, 15) is 8.78 Å². The van der Waals surface area contributed by atoms with E-state index in [1.165, 1.54) is 13.3 Å². The van der Waals surface area contributed by atoms with Gasteiger partial charge in [0.25, 0.3) is 0 Å². The molecule has 0 aliphatic rings. The Hall–Kier alpha value is -1.23. The monoisotopic (exact) mass is 317 g/mol. The molecule has 2 nitrogen and oxygen atoms in total. The van der Waals surface area contributed by atoms with E-state index < -0.39 is 11.6 Å². The summed E-state index contributed by atoms with van der Waals surface area (Å²) < 4.78 is 32.1. The lowest BCUT2D eigenvalue weighted by molar-refractivity contribution is 0.376. The molecule has 0 bridgehead atoms. The number of ether oxygens (including phenoxy) is 1. The highest BCUT2D eigenvalue weighted by molar-refractivity contribution is 9.10. The molecular weight excluding hydrogens is 304 g/mol. The number of hydrogen-bond acceptors (Lipinski definition) is 2. The number of fused-ring (bicyclic) bond motifs is 1. The third kappa shape index (κ3) is 2.32. The largest absolute Gasteiger partial charge is 0.493 e. The van der Waals surface area contributed by atoms with Gasteiger partial charge in [-0.1, -0.05) is 13.8 Å². The lowest BCUT2D eigenvalue weighted by Gasteiger charge is -2.11. The predicted octanol–water partition coefficient (Wildman–Crippen LogP) is 4.62. The van der Waals surface area contributed by atoms with Gasteiger partial charge in [-0.2, -0.15) is 4.39 Å². The lowest BCUT2D eigenvalue weighted by Crippen LogP contribution is -1.97. The molecule has 0 aliphatic carbocycles. The maximum absolute atomic E-state index is 13.6. The number of aromatic nitrogens is 1. The average molecular weight is 318 g/mol. The highest BCUT2D eigenvalue weighted by atomic mass is 79.9. The molecule has 1 heterocycles. The Morgan fingerprint density at radius 2 is 1.78 bits per heavy atom. The molecule has 0 fully saturated rings. The first kappa shape index (κ1) is 14.8. The molecule has 5 heteroatoms. The van der Waals surface area contributed by atoms with Crippen LogP contribution < -0.4 is 4.74 Å². The number of pyridine rings is 1. The fourth-order valence-corrected chi connectivity index (χ4v) is 2.12. The molecular formula is C13H14BrF2NO. The molecule has 0 saturated heterocycles. The summed E-state index contributed by atoms with van der Waals surface area (Å²) in [5.74, 6) is -2.04. The Morgan fingerprint density at radius 1 is 1.17 bits per heavy atom. The first-order chi connectivity index (χ1) is 8.57. The van der Waals surface area contributed by atoms with Gasteiger partial charge >= 0.3 is 0 Å². The van der Waals surface area contributed by atoms with Gasteiger partial charge in [0.1, 0.15) is 0 Å². The van der Waals surface area contributed by atoms with Crippen LogP contribution in [-0.4, -0.2) is 12.1 Å². The fourth-order valence-electron chi connectivity index (χ4n) is 1.65. The molecule has 98 valence electrons. The Labute approximate surface area is 113 Å². The molecule has 2 rings (SSSR count). The Balaban J connectivity index is 0.000000771. The van der Waals surface area contributed by atoms with Crippen LogP contribution in [0.15, 0.2) is 16.9 Å². The van der Waals surface area contributed by atoms with E-state index in [-0.39, 0.29) is 10.2 Å². The van der Waals surface area contributed by atoms with Gasteiger partial charge in [-0.3, -0.25) is 4.98 Å². The maximum Gasteiger partial charge on any atom is 0.202 e. The molecule has 1 aromatic carbocycles. The van der Waals surface area contributed by atoms with Gasteiger partial charge < -0.3 is 4.74 Å². The zero-order chi connectivity index (χ0) is 13.9. The van der Waals surface area contributed by atoms with Crippen molar-refractivity contribution in [1.29, 1.82) is 0 Å². The minimum atomic E-state index is -0.990. The summed E-state index contributed by atoms with van der Waals surface area (Å²) in [6.45, 7) is 5.77. The van der Waals surface area contributed by atoms with E-state index in [1.807, 2.05) is 13.8 Å². The number of hydrogen-bond donors (Lipinski definition) is 0. The van der Waals surface area contributed by atoms with Crippen molar-refractivity contribution in [1.82, 2.24) is 4.98 Å². The Kier molecular flexibility index (Phi) is 5.02.